The molecule has 21 heavy (non-hydrogen) atoms. The van der Waals surface area contributed by atoms with Gasteiger partial charge in [0, 0.05) is 0 Å². The molecule has 0 spiro atoms. The van der Waals surface area contributed by atoms with Gasteiger partial charge in [-0.3, -0.25) is 14.4 Å². The summed E-state index contributed by atoms with van der Waals surface area (Å²) < 4.78 is 0. The molecule has 3 rings (SSSR count). The van der Waals surface area contributed by atoms with Gasteiger partial charge in [0.25, 0.3) is 5.78 Å². The molecule has 1 aliphatic rings. The second-order valence-electron chi connectivity index (χ2n) is 4.96. The average molecular weight is 281 g/mol. The smallest absolute Gasteiger partial charge is 0.283 e. The number of anilines is 1. The zero-order valence-corrected chi connectivity index (χ0v) is 11.7. The molecule has 1 aliphatic heterocycles. The average Bonchev–Trinajstić information content (AvgIpc) is 2.74. The molecular weight excluding hydrogens is 266 g/mol. The Morgan fingerprint density at radius 2 is 1.71 bits per heavy atom. The van der Waals surface area contributed by atoms with Crippen LogP contribution in [0.1, 0.15) is 21.5 Å². The molecule has 0 aliphatic carbocycles. The Morgan fingerprint density at radius 3 is 2.52 bits per heavy atom. The number of nitrogens with zero attached hydrogens (tertiary/aromatic N) is 1. The minimum Gasteiger partial charge on any atom is -0.283 e. The van der Waals surface area contributed by atoms with E-state index in [0.717, 1.165) is 5.06 Å². The number of rotatable bonds is 4. The fourth-order valence-corrected chi connectivity index (χ4v) is 2.43. The van der Waals surface area contributed by atoms with Crippen molar-refractivity contribution in [2.75, 3.05) is 11.7 Å². The van der Waals surface area contributed by atoms with Crippen LogP contribution in [0.5, 0.6) is 0 Å². The van der Waals surface area contributed by atoms with E-state index in [1.807, 2.05) is 31.2 Å². The second-order valence-corrected chi connectivity index (χ2v) is 4.96. The van der Waals surface area contributed by atoms with Gasteiger partial charge in [-0.25, -0.2) is 0 Å². The van der Waals surface area contributed by atoms with E-state index in [2.05, 4.69) is 0 Å². The number of hydroxylamine groups is 1. The molecule has 0 unspecified atom stereocenters. The van der Waals surface area contributed by atoms with Gasteiger partial charge in [0.15, 0.2) is 0 Å². The summed E-state index contributed by atoms with van der Waals surface area (Å²) in [6, 6.07) is 14.9. The third-order valence-electron chi connectivity index (χ3n) is 3.60. The molecule has 4 nitrogen and oxygen atoms in total. The Balaban J connectivity index is 1.70. The third kappa shape index (κ3) is 2.45. The van der Waals surface area contributed by atoms with Gasteiger partial charge in [-0.2, -0.15) is 5.06 Å². The third-order valence-corrected chi connectivity index (χ3v) is 3.60. The van der Waals surface area contributed by atoms with Crippen molar-refractivity contribution >= 4 is 17.4 Å². The molecule has 0 radical (unpaired) electrons. The first-order valence-electron chi connectivity index (χ1n) is 6.83. The summed E-state index contributed by atoms with van der Waals surface area (Å²) >= 11 is 0. The van der Waals surface area contributed by atoms with E-state index < -0.39 is 11.7 Å². The van der Waals surface area contributed by atoms with Crippen molar-refractivity contribution in [2.45, 2.75) is 13.3 Å². The summed E-state index contributed by atoms with van der Waals surface area (Å²) in [5.74, 6) is -1.14. The SMILES string of the molecule is Cc1ccccc1CCON1C(=O)C(=O)c2ccccc21. The molecule has 2 aromatic rings. The van der Waals surface area contributed by atoms with Crippen LogP contribution >= 0.6 is 0 Å². The molecule has 0 saturated carbocycles. The van der Waals surface area contributed by atoms with Crippen molar-refractivity contribution in [3.05, 3.63) is 65.2 Å². The van der Waals surface area contributed by atoms with E-state index in [1.54, 1.807) is 24.3 Å². The van der Waals surface area contributed by atoms with E-state index in [0.29, 0.717) is 24.3 Å². The van der Waals surface area contributed by atoms with Crippen molar-refractivity contribution in [2.24, 2.45) is 0 Å². The molecule has 0 fully saturated rings. The molecular formula is C17H15NO3. The Kier molecular flexibility index (Phi) is 3.54. The number of Topliss-reactive ketones (excluding diaryl/α,β-unsaturated/α-hetero) is 1. The van der Waals surface area contributed by atoms with E-state index in [4.69, 9.17) is 4.84 Å². The number of carbonyl (C=O) groups is 2. The number of ketones is 1. The van der Waals surface area contributed by atoms with Gasteiger partial charge in [0.1, 0.15) is 0 Å². The van der Waals surface area contributed by atoms with Crippen molar-refractivity contribution in [1.82, 2.24) is 0 Å². The lowest BCUT2D eigenvalue weighted by Crippen LogP contribution is -2.30. The van der Waals surface area contributed by atoms with Crippen molar-refractivity contribution < 1.29 is 14.4 Å². The fraction of sp³-hybridized carbons (Fsp3) is 0.176. The molecule has 0 bridgehead atoms. The monoisotopic (exact) mass is 281 g/mol. The largest absolute Gasteiger partial charge is 0.323 e. The van der Waals surface area contributed by atoms with Crippen LogP contribution in [-0.2, 0) is 16.1 Å². The molecule has 106 valence electrons. The van der Waals surface area contributed by atoms with Crippen molar-refractivity contribution in [3.8, 4) is 0 Å². The van der Waals surface area contributed by atoms with E-state index in [-0.39, 0.29) is 0 Å². The lowest BCUT2D eigenvalue weighted by molar-refractivity contribution is -0.121. The molecule has 0 N–H and O–H groups in total. The Morgan fingerprint density at radius 1 is 1.00 bits per heavy atom. The number of aryl methyl sites for hydroxylation is 1. The topological polar surface area (TPSA) is 46.6 Å². The molecule has 1 amide bonds. The van der Waals surface area contributed by atoms with Crippen LogP contribution in [0.2, 0.25) is 0 Å². The maximum absolute atomic E-state index is 11.9. The summed E-state index contributed by atoms with van der Waals surface area (Å²) in [5.41, 5.74) is 3.28. The number of hydrogen-bond acceptors (Lipinski definition) is 3. The Labute approximate surface area is 122 Å². The number of fused-ring (bicyclic) bond motifs is 1. The fourth-order valence-electron chi connectivity index (χ4n) is 2.43. The van der Waals surface area contributed by atoms with Gasteiger partial charge in [-0.15, -0.1) is 0 Å². The van der Waals surface area contributed by atoms with Crippen LogP contribution in [-0.4, -0.2) is 18.3 Å². The van der Waals surface area contributed by atoms with E-state index in [1.165, 1.54) is 11.1 Å². The predicted octanol–water partition coefficient (Wildman–Crippen LogP) is 2.70. The highest BCUT2D eigenvalue weighted by atomic mass is 16.7. The Hall–Kier alpha value is -2.46. The van der Waals surface area contributed by atoms with Gasteiger partial charge in [-0.1, -0.05) is 36.4 Å². The number of amides is 1. The lowest BCUT2D eigenvalue weighted by Gasteiger charge is -2.16. The predicted molar refractivity (Wildman–Crippen MR) is 79.1 cm³/mol. The summed E-state index contributed by atoms with van der Waals surface area (Å²) in [6.07, 6.45) is 0.687. The number of para-hydroxylation sites is 1. The summed E-state index contributed by atoms with van der Waals surface area (Å²) in [5, 5.41) is 1.11. The van der Waals surface area contributed by atoms with Crippen LogP contribution < -0.4 is 5.06 Å². The van der Waals surface area contributed by atoms with Crippen LogP contribution in [0, 0.1) is 6.92 Å². The highest BCUT2D eigenvalue weighted by molar-refractivity contribution is 6.51. The maximum atomic E-state index is 11.9. The van der Waals surface area contributed by atoms with E-state index in [9.17, 15) is 9.59 Å². The molecule has 1 heterocycles. The van der Waals surface area contributed by atoms with Crippen LogP contribution in [0.4, 0.5) is 5.69 Å². The van der Waals surface area contributed by atoms with Gasteiger partial charge in [0.2, 0.25) is 0 Å². The number of carbonyl (C=O) groups excluding carboxylic acids is 2. The minimum atomic E-state index is -0.624. The quantitative estimate of drug-likeness (QED) is 0.809. The van der Waals surface area contributed by atoms with Gasteiger partial charge in [-0.05, 0) is 36.6 Å². The van der Waals surface area contributed by atoms with Gasteiger partial charge in [0.05, 0.1) is 17.9 Å². The Bertz CT molecular complexity index is 709. The summed E-state index contributed by atoms with van der Waals surface area (Å²) in [7, 11) is 0. The van der Waals surface area contributed by atoms with Gasteiger partial charge >= 0.3 is 5.91 Å². The second kappa shape index (κ2) is 5.50. The maximum Gasteiger partial charge on any atom is 0.323 e. The van der Waals surface area contributed by atoms with E-state index >= 15 is 0 Å². The highest BCUT2D eigenvalue weighted by Crippen LogP contribution is 2.28. The van der Waals surface area contributed by atoms with Crippen molar-refractivity contribution in [3.63, 3.8) is 0 Å². The van der Waals surface area contributed by atoms with Gasteiger partial charge < -0.3 is 0 Å². The number of hydrogen-bond donors (Lipinski definition) is 0. The van der Waals surface area contributed by atoms with Crippen molar-refractivity contribution in [1.29, 1.82) is 0 Å². The van der Waals surface area contributed by atoms with Crippen LogP contribution in [0.15, 0.2) is 48.5 Å². The molecule has 0 atom stereocenters. The minimum absolute atomic E-state index is 0.345. The zero-order chi connectivity index (χ0) is 14.8. The van der Waals surface area contributed by atoms with Crippen LogP contribution in [0.25, 0.3) is 0 Å². The first-order chi connectivity index (χ1) is 10.2. The molecule has 0 aromatic heterocycles. The highest BCUT2D eigenvalue weighted by Gasteiger charge is 2.36. The first-order valence-corrected chi connectivity index (χ1v) is 6.83. The number of benzene rings is 2. The lowest BCUT2D eigenvalue weighted by atomic mass is 10.1. The summed E-state index contributed by atoms with van der Waals surface area (Å²) in [4.78, 5) is 29.3. The zero-order valence-electron chi connectivity index (χ0n) is 11.7. The first kappa shape index (κ1) is 13.5. The standard InChI is InChI=1S/C17H15NO3/c1-12-6-2-3-7-13(12)10-11-21-18-15-9-5-4-8-14(15)16(19)17(18)20/h2-9H,10-11H2,1H3. The molecule has 4 heteroatoms. The van der Waals surface area contributed by atoms with Crippen LogP contribution in [0.3, 0.4) is 0 Å². The molecule has 2 aromatic carbocycles. The normalized spacial score (nSPS) is 13.7. The summed E-state index contributed by atoms with van der Waals surface area (Å²) in [6.45, 7) is 2.38. The molecule has 0 saturated heterocycles.